The van der Waals surface area contributed by atoms with Crippen molar-refractivity contribution in [3.8, 4) is 0 Å². The number of hydrogen-bond acceptors (Lipinski definition) is 4. The largest absolute Gasteiger partial charge is 0.282 e. The van der Waals surface area contributed by atoms with Crippen molar-refractivity contribution in [2.24, 2.45) is 10.1 Å². The number of benzene rings is 3. The van der Waals surface area contributed by atoms with Crippen molar-refractivity contribution in [1.82, 2.24) is 0 Å². The molecular weight excluding hydrogens is 422 g/mol. The normalized spacial score (nSPS) is 15.5. The maximum atomic E-state index is 13.2. The van der Waals surface area contributed by atoms with Gasteiger partial charge < -0.3 is 0 Å². The lowest BCUT2D eigenvalue weighted by atomic mass is 10.1. The highest BCUT2D eigenvalue weighted by atomic mass is 35.5. The van der Waals surface area contributed by atoms with E-state index in [1.807, 2.05) is 36.4 Å². The van der Waals surface area contributed by atoms with Gasteiger partial charge in [0.15, 0.2) is 0 Å². The molecule has 2 N–H and O–H groups in total. The fraction of sp³-hybridized carbons (Fsp3) is 0. The number of aliphatic imine (C=N–C) groups is 1. The van der Waals surface area contributed by atoms with Crippen LogP contribution in [0.1, 0.15) is 11.1 Å². The summed E-state index contributed by atoms with van der Waals surface area (Å²) < 4.78 is 23.1. The first-order chi connectivity index (χ1) is 14.3. The lowest BCUT2D eigenvalue weighted by Crippen LogP contribution is -2.32. The molecule has 1 heterocycles. The second-order valence-corrected chi connectivity index (χ2v) is 8.56. The van der Waals surface area contributed by atoms with Gasteiger partial charge in [-0.1, -0.05) is 54.1 Å². The Labute approximate surface area is 179 Å². The van der Waals surface area contributed by atoms with E-state index in [9.17, 15) is 13.2 Å². The molecule has 0 unspecified atom stereocenters. The quantitative estimate of drug-likeness (QED) is 0.629. The average Bonchev–Trinajstić information content (AvgIpc) is 3.04. The summed E-state index contributed by atoms with van der Waals surface area (Å²) in [5.41, 5.74) is 2.21. The highest BCUT2D eigenvalue weighted by molar-refractivity contribution is 7.89. The van der Waals surface area contributed by atoms with Gasteiger partial charge in [-0.3, -0.25) is 9.69 Å². The van der Waals surface area contributed by atoms with E-state index in [0.717, 1.165) is 11.1 Å². The molecule has 0 aromatic heterocycles. The van der Waals surface area contributed by atoms with Crippen molar-refractivity contribution in [3.63, 3.8) is 0 Å². The van der Waals surface area contributed by atoms with Crippen LogP contribution in [0.4, 0.5) is 5.69 Å². The van der Waals surface area contributed by atoms with Crippen LogP contribution in [0.25, 0.3) is 6.08 Å². The first-order valence-electron chi connectivity index (χ1n) is 8.92. The van der Waals surface area contributed by atoms with Crippen LogP contribution in [0.2, 0.25) is 5.02 Å². The molecule has 150 valence electrons. The molecule has 1 aliphatic heterocycles. The van der Waals surface area contributed by atoms with Crippen molar-refractivity contribution in [2.75, 3.05) is 4.90 Å². The number of sulfonamides is 1. The summed E-state index contributed by atoms with van der Waals surface area (Å²) in [4.78, 5) is 19.2. The van der Waals surface area contributed by atoms with Crippen molar-refractivity contribution in [1.29, 1.82) is 0 Å². The van der Waals surface area contributed by atoms with Crippen LogP contribution in [0, 0.1) is 0 Å². The highest BCUT2D eigenvalue weighted by Gasteiger charge is 2.32. The second kappa shape index (κ2) is 7.87. The van der Waals surface area contributed by atoms with Crippen LogP contribution >= 0.6 is 11.6 Å². The molecule has 0 saturated heterocycles. The number of primary sulfonamides is 1. The minimum Gasteiger partial charge on any atom is -0.266 e. The van der Waals surface area contributed by atoms with Gasteiger partial charge in [0, 0.05) is 10.6 Å². The number of anilines is 1. The van der Waals surface area contributed by atoms with E-state index in [2.05, 4.69) is 4.99 Å². The van der Waals surface area contributed by atoms with Crippen molar-refractivity contribution < 1.29 is 13.2 Å². The summed E-state index contributed by atoms with van der Waals surface area (Å²) >= 11 is 6.05. The zero-order valence-electron chi connectivity index (χ0n) is 15.6. The molecule has 1 amide bonds. The monoisotopic (exact) mass is 437 g/mol. The Bertz CT molecular complexity index is 1280. The van der Waals surface area contributed by atoms with Crippen molar-refractivity contribution >= 4 is 45.1 Å². The third-order valence-corrected chi connectivity index (χ3v) is 5.63. The minimum absolute atomic E-state index is 0.0363. The molecular formula is C22H16ClN3O3S. The molecule has 0 radical (unpaired) electrons. The first kappa shape index (κ1) is 20.0. The molecule has 0 atom stereocenters. The molecule has 0 bridgehead atoms. The van der Waals surface area contributed by atoms with Gasteiger partial charge in [0.1, 0.15) is 11.5 Å². The predicted molar refractivity (Wildman–Crippen MR) is 118 cm³/mol. The summed E-state index contributed by atoms with van der Waals surface area (Å²) in [6.45, 7) is 0. The number of rotatable bonds is 4. The standard InChI is InChI=1S/C22H16ClN3O3S/c23-17-8-4-5-15(13-17)14-20-22(27)26(21(25-20)16-6-2-1-3-7-16)18-9-11-19(12-10-18)30(24,28)29/h1-14H,(H2,24,28,29)/b20-14-. The Morgan fingerprint density at radius 2 is 1.63 bits per heavy atom. The molecule has 3 aromatic carbocycles. The molecule has 30 heavy (non-hydrogen) atoms. The summed E-state index contributed by atoms with van der Waals surface area (Å²) in [7, 11) is -3.84. The Balaban J connectivity index is 1.81. The van der Waals surface area contributed by atoms with Crippen LogP contribution < -0.4 is 10.0 Å². The third-order valence-electron chi connectivity index (χ3n) is 4.47. The topological polar surface area (TPSA) is 92.8 Å². The van der Waals surface area contributed by atoms with Gasteiger partial charge in [-0.15, -0.1) is 0 Å². The van der Waals surface area contributed by atoms with Crippen LogP contribution in [0.5, 0.6) is 0 Å². The maximum absolute atomic E-state index is 13.2. The molecule has 3 aromatic rings. The third kappa shape index (κ3) is 4.04. The van der Waals surface area contributed by atoms with Gasteiger partial charge in [-0.05, 0) is 48.0 Å². The molecule has 0 fully saturated rings. The number of nitrogens with zero attached hydrogens (tertiary/aromatic N) is 2. The van der Waals surface area contributed by atoms with Crippen molar-refractivity contribution in [2.45, 2.75) is 4.90 Å². The molecule has 1 aliphatic rings. The zero-order valence-corrected chi connectivity index (χ0v) is 17.1. The zero-order chi connectivity index (χ0) is 21.3. The van der Waals surface area contributed by atoms with E-state index in [1.54, 1.807) is 24.3 Å². The van der Waals surface area contributed by atoms with E-state index >= 15 is 0 Å². The van der Waals surface area contributed by atoms with Gasteiger partial charge in [-0.25, -0.2) is 18.5 Å². The smallest absolute Gasteiger partial charge is 0.266 e. The Morgan fingerprint density at radius 1 is 0.933 bits per heavy atom. The molecule has 0 saturated carbocycles. The molecule has 0 spiro atoms. The number of hydrogen-bond donors (Lipinski definition) is 1. The van der Waals surface area contributed by atoms with Crippen molar-refractivity contribution in [3.05, 3.63) is 101 Å². The summed E-state index contributed by atoms with van der Waals surface area (Å²) in [5.74, 6) is 0.106. The van der Waals surface area contributed by atoms with E-state index in [1.165, 1.54) is 29.2 Å². The minimum atomic E-state index is -3.84. The Hall–Kier alpha value is -3.26. The Morgan fingerprint density at radius 3 is 2.27 bits per heavy atom. The molecule has 0 aliphatic carbocycles. The number of carbonyl (C=O) groups is 1. The van der Waals surface area contributed by atoms with Crippen LogP contribution in [0.15, 0.2) is 94.4 Å². The predicted octanol–water partition coefficient (Wildman–Crippen LogP) is 3.82. The number of carbonyl (C=O) groups excluding carboxylic acids is 1. The van der Waals surface area contributed by atoms with Crippen LogP contribution in [-0.4, -0.2) is 20.2 Å². The SMILES string of the molecule is NS(=O)(=O)c1ccc(N2C(=O)/C(=C/c3cccc(Cl)c3)N=C2c2ccccc2)cc1. The van der Waals surface area contributed by atoms with E-state index in [-0.39, 0.29) is 16.5 Å². The van der Waals surface area contributed by atoms with Gasteiger partial charge in [0.25, 0.3) is 5.91 Å². The molecule has 8 heteroatoms. The first-order valence-corrected chi connectivity index (χ1v) is 10.8. The highest BCUT2D eigenvalue weighted by Crippen LogP contribution is 2.29. The Kier molecular flexibility index (Phi) is 5.26. The van der Waals surface area contributed by atoms with E-state index < -0.39 is 10.0 Å². The number of nitrogens with two attached hydrogens (primary N) is 1. The second-order valence-electron chi connectivity index (χ2n) is 6.57. The summed E-state index contributed by atoms with van der Waals surface area (Å²) in [6.07, 6.45) is 1.66. The lowest BCUT2D eigenvalue weighted by Gasteiger charge is -2.18. The number of halogens is 1. The summed E-state index contributed by atoms with van der Waals surface area (Å²) in [5, 5.41) is 5.73. The van der Waals surface area contributed by atoms with Gasteiger partial charge >= 0.3 is 0 Å². The van der Waals surface area contributed by atoms with E-state index in [4.69, 9.17) is 16.7 Å². The maximum Gasteiger partial charge on any atom is 0.282 e. The van der Waals surface area contributed by atoms with Crippen LogP contribution in [-0.2, 0) is 14.8 Å². The fourth-order valence-electron chi connectivity index (χ4n) is 3.08. The average molecular weight is 438 g/mol. The molecule has 6 nitrogen and oxygen atoms in total. The fourth-order valence-corrected chi connectivity index (χ4v) is 3.79. The van der Waals surface area contributed by atoms with Crippen LogP contribution in [0.3, 0.4) is 0 Å². The van der Waals surface area contributed by atoms with Gasteiger partial charge in [0.2, 0.25) is 10.0 Å². The number of amides is 1. The van der Waals surface area contributed by atoms with Gasteiger partial charge in [0.05, 0.1) is 10.6 Å². The van der Waals surface area contributed by atoms with E-state index in [0.29, 0.717) is 16.5 Å². The summed E-state index contributed by atoms with van der Waals surface area (Å²) in [6, 6.07) is 22.1. The number of amidine groups is 1. The van der Waals surface area contributed by atoms with Gasteiger partial charge in [-0.2, -0.15) is 0 Å². The lowest BCUT2D eigenvalue weighted by molar-refractivity contribution is -0.113. The molecule has 4 rings (SSSR count).